The first-order chi connectivity index (χ1) is 29.0. The fourth-order valence-corrected chi connectivity index (χ4v) is 8.60. The number of hydrogen-bond acceptors (Lipinski definition) is 5. The van der Waals surface area contributed by atoms with Crippen molar-refractivity contribution < 1.29 is 32.9 Å². The van der Waals surface area contributed by atoms with E-state index in [2.05, 4.69) is 19.2 Å². The molecule has 0 spiro atoms. The summed E-state index contributed by atoms with van der Waals surface area (Å²) in [5.41, 5.74) is 0. The molecule has 3 atom stereocenters. The van der Waals surface area contributed by atoms with Gasteiger partial charge in [0.25, 0.3) is 0 Å². The molecule has 0 aromatic rings. The largest absolute Gasteiger partial charge is 0.472 e. The maximum Gasteiger partial charge on any atom is 0.472 e. The van der Waals surface area contributed by atoms with Gasteiger partial charge in [-0.2, -0.15) is 0 Å². The number of allylic oxidation sites excluding steroid dienone is 1. The predicted octanol–water partition coefficient (Wildman–Crippen LogP) is 15.1. The normalized spacial score (nSPS) is 14.2. The van der Waals surface area contributed by atoms with Crippen LogP contribution >= 0.6 is 7.82 Å². The second-order valence-electron chi connectivity index (χ2n) is 19.3. The van der Waals surface area contributed by atoms with Crippen molar-refractivity contribution >= 4 is 13.7 Å². The summed E-state index contributed by atoms with van der Waals surface area (Å²) in [4.78, 5) is 23.2. The van der Waals surface area contributed by atoms with E-state index < -0.39 is 20.0 Å². The van der Waals surface area contributed by atoms with Crippen molar-refractivity contribution in [3.63, 3.8) is 0 Å². The van der Waals surface area contributed by atoms with Crippen molar-refractivity contribution in [1.29, 1.82) is 0 Å². The van der Waals surface area contributed by atoms with Crippen molar-refractivity contribution in [2.45, 2.75) is 270 Å². The van der Waals surface area contributed by atoms with E-state index in [-0.39, 0.29) is 19.1 Å². The van der Waals surface area contributed by atoms with E-state index in [0.717, 1.165) is 32.1 Å². The van der Waals surface area contributed by atoms with Crippen molar-refractivity contribution in [3.05, 3.63) is 12.2 Å². The molecule has 3 N–H and O–H groups in total. The molecular formula is C51H104N2O6P+. The monoisotopic (exact) mass is 872 g/mol. The lowest BCUT2D eigenvalue weighted by Gasteiger charge is -2.25. The summed E-state index contributed by atoms with van der Waals surface area (Å²) in [6, 6.07) is -0.840. The lowest BCUT2D eigenvalue weighted by Crippen LogP contribution is -2.45. The number of quaternary nitrogens is 1. The minimum atomic E-state index is -4.34. The number of carbonyl (C=O) groups is 1. The lowest BCUT2D eigenvalue weighted by atomic mass is 10.0. The minimum Gasteiger partial charge on any atom is -0.387 e. The Kier molecular flexibility index (Phi) is 42.9. The summed E-state index contributed by atoms with van der Waals surface area (Å²) in [5, 5.41) is 13.9. The fraction of sp³-hybridized carbons (Fsp3) is 0.941. The van der Waals surface area contributed by atoms with Gasteiger partial charge in [0.1, 0.15) is 13.2 Å². The summed E-state index contributed by atoms with van der Waals surface area (Å²) in [7, 11) is 1.59. The third-order valence-electron chi connectivity index (χ3n) is 12.0. The molecule has 60 heavy (non-hydrogen) atoms. The Bertz CT molecular complexity index is 989. The van der Waals surface area contributed by atoms with Gasteiger partial charge in [-0.05, 0) is 19.3 Å². The van der Waals surface area contributed by atoms with Gasteiger partial charge in [-0.3, -0.25) is 13.8 Å². The van der Waals surface area contributed by atoms with Crippen LogP contribution in [0, 0.1) is 0 Å². The average Bonchev–Trinajstić information content (AvgIpc) is 3.20. The quantitative estimate of drug-likeness (QED) is 0.0243. The highest BCUT2D eigenvalue weighted by atomic mass is 31.2. The van der Waals surface area contributed by atoms with Crippen LogP contribution in [0.4, 0.5) is 0 Å². The Morgan fingerprint density at radius 1 is 0.550 bits per heavy atom. The third-order valence-corrected chi connectivity index (χ3v) is 13.0. The van der Waals surface area contributed by atoms with E-state index in [0.29, 0.717) is 17.4 Å². The first-order valence-electron chi connectivity index (χ1n) is 26.1. The van der Waals surface area contributed by atoms with Gasteiger partial charge in [-0.25, -0.2) is 4.57 Å². The molecule has 0 aliphatic heterocycles. The second kappa shape index (κ2) is 43.5. The molecule has 0 heterocycles. The molecule has 0 aromatic heterocycles. The summed E-state index contributed by atoms with van der Waals surface area (Å²) < 4.78 is 23.6. The highest BCUT2D eigenvalue weighted by Crippen LogP contribution is 2.43. The van der Waals surface area contributed by atoms with Gasteiger partial charge >= 0.3 is 7.82 Å². The van der Waals surface area contributed by atoms with Crippen LogP contribution in [0.2, 0.25) is 0 Å². The highest BCUT2D eigenvalue weighted by molar-refractivity contribution is 7.47. The standard InChI is InChI=1S/C51H103N2O6P/c1-6-8-10-12-14-16-18-20-22-23-24-25-26-27-28-29-31-33-35-37-39-41-43-45-51(55)52-49(48-59-60(56,57)58-47-46-53(3,4)5)50(54)44-42-40-38-36-34-32-30-21-19-17-15-13-11-9-7-2/h42,44,49-50,54H,6-41,43,45-48H2,1-5H3,(H-,52,55,56,57)/p+1/b44-42+/t49-,50+/m0/s1. The summed E-state index contributed by atoms with van der Waals surface area (Å²) in [6.07, 6.45) is 51.5. The van der Waals surface area contributed by atoms with Crippen LogP contribution < -0.4 is 5.32 Å². The number of unbranched alkanes of at least 4 members (excludes halogenated alkanes) is 35. The number of nitrogens with zero attached hydrogens (tertiary/aromatic N) is 1. The van der Waals surface area contributed by atoms with Gasteiger partial charge in [0, 0.05) is 6.42 Å². The van der Waals surface area contributed by atoms with Gasteiger partial charge in [0.15, 0.2) is 0 Å². The maximum atomic E-state index is 12.9. The smallest absolute Gasteiger partial charge is 0.387 e. The predicted molar refractivity (Wildman–Crippen MR) is 259 cm³/mol. The van der Waals surface area contributed by atoms with E-state index in [1.807, 2.05) is 27.2 Å². The first-order valence-corrected chi connectivity index (χ1v) is 27.6. The van der Waals surface area contributed by atoms with Crippen molar-refractivity contribution in [3.8, 4) is 0 Å². The van der Waals surface area contributed by atoms with Crippen molar-refractivity contribution in [1.82, 2.24) is 5.32 Å². The van der Waals surface area contributed by atoms with Crippen LogP contribution in [0.3, 0.4) is 0 Å². The van der Waals surface area contributed by atoms with Crippen molar-refractivity contribution in [2.24, 2.45) is 0 Å². The number of carbonyl (C=O) groups excluding carboxylic acids is 1. The molecule has 0 radical (unpaired) electrons. The Labute approximate surface area is 373 Å². The van der Waals surface area contributed by atoms with Crippen LogP contribution in [0.5, 0.6) is 0 Å². The van der Waals surface area contributed by atoms with E-state index in [9.17, 15) is 19.4 Å². The number of nitrogens with one attached hydrogen (secondary N) is 1. The molecule has 0 saturated carbocycles. The molecule has 9 heteroatoms. The van der Waals surface area contributed by atoms with Crippen LogP contribution in [0.15, 0.2) is 12.2 Å². The maximum absolute atomic E-state index is 12.9. The number of aliphatic hydroxyl groups is 1. The van der Waals surface area contributed by atoms with Crippen LogP contribution in [0.25, 0.3) is 0 Å². The molecule has 1 amide bonds. The number of phosphoric ester groups is 1. The zero-order valence-electron chi connectivity index (χ0n) is 40.7. The molecule has 0 aliphatic carbocycles. The molecule has 358 valence electrons. The lowest BCUT2D eigenvalue weighted by molar-refractivity contribution is -0.870. The SMILES string of the molecule is CCCCCCCCCCCCCCC/C=C/[C@@H](O)[C@H](COP(=O)(O)OCC[N+](C)(C)C)NC(=O)CCCCCCCCCCCCCCCCCCCCCCCCC. The van der Waals surface area contributed by atoms with Crippen LogP contribution in [-0.4, -0.2) is 73.4 Å². The van der Waals surface area contributed by atoms with E-state index in [1.54, 1.807) is 6.08 Å². The Balaban J connectivity index is 4.21. The van der Waals surface area contributed by atoms with Gasteiger partial charge in [0.2, 0.25) is 5.91 Å². The fourth-order valence-electron chi connectivity index (χ4n) is 7.87. The van der Waals surface area contributed by atoms with E-state index in [4.69, 9.17) is 9.05 Å². The van der Waals surface area contributed by atoms with Crippen LogP contribution in [-0.2, 0) is 18.4 Å². The Hall–Kier alpha value is -0.760. The molecule has 0 aromatic carbocycles. The number of amides is 1. The highest BCUT2D eigenvalue weighted by Gasteiger charge is 2.27. The number of aliphatic hydroxyl groups excluding tert-OH is 1. The topological polar surface area (TPSA) is 105 Å². The molecule has 0 fully saturated rings. The molecule has 0 saturated heterocycles. The molecule has 0 aliphatic rings. The van der Waals surface area contributed by atoms with Crippen molar-refractivity contribution in [2.75, 3.05) is 40.9 Å². The zero-order chi connectivity index (χ0) is 44.3. The third kappa shape index (κ3) is 45.3. The average molecular weight is 872 g/mol. The van der Waals surface area contributed by atoms with E-state index in [1.165, 1.54) is 205 Å². The van der Waals surface area contributed by atoms with Gasteiger partial charge in [0.05, 0.1) is 39.9 Å². The van der Waals surface area contributed by atoms with Crippen LogP contribution in [0.1, 0.15) is 258 Å². The molecule has 8 nitrogen and oxygen atoms in total. The molecule has 1 unspecified atom stereocenters. The molecular weight excluding hydrogens is 768 g/mol. The summed E-state index contributed by atoms with van der Waals surface area (Å²) in [6.45, 7) is 4.85. The molecule has 0 rings (SSSR count). The van der Waals surface area contributed by atoms with Gasteiger partial charge in [-0.15, -0.1) is 0 Å². The minimum absolute atomic E-state index is 0.0649. The zero-order valence-corrected chi connectivity index (χ0v) is 41.6. The number of rotatable bonds is 48. The number of likely N-dealkylation sites (N-methyl/N-ethyl adjacent to an activating group) is 1. The number of phosphoric acid groups is 1. The Morgan fingerprint density at radius 3 is 1.23 bits per heavy atom. The first kappa shape index (κ1) is 59.2. The van der Waals surface area contributed by atoms with Gasteiger partial charge in [-0.1, -0.05) is 244 Å². The second-order valence-corrected chi connectivity index (χ2v) is 20.7. The van der Waals surface area contributed by atoms with E-state index >= 15 is 0 Å². The summed E-state index contributed by atoms with van der Waals surface area (Å²) in [5.74, 6) is -0.172. The molecule has 0 bridgehead atoms. The summed E-state index contributed by atoms with van der Waals surface area (Å²) >= 11 is 0. The Morgan fingerprint density at radius 2 is 0.883 bits per heavy atom. The number of hydrogen-bond donors (Lipinski definition) is 3. The van der Waals surface area contributed by atoms with Gasteiger partial charge < -0.3 is 19.8 Å².